The third-order valence-corrected chi connectivity index (χ3v) is 3.38. The highest BCUT2D eigenvalue weighted by Gasteiger charge is 2.16. The van der Waals surface area contributed by atoms with Crippen LogP contribution in [0, 0.1) is 5.82 Å². The first kappa shape index (κ1) is 19.2. The zero-order chi connectivity index (χ0) is 18.9. The molecule has 136 valence electrons. The predicted octanol–water partition coefficient (Wildman–Crippen LogP) is 3.81. The number of nitrogens with one attached hydrogen (secondary N) is 1. The molecular formula is C20H20FNO4. The lowest BCUT2D eigenvalue weighted by molar-refractivity contribution is -0.148. The zero-order valence-corrected chi connectivity index (χ0v) is 14.6. The Morgan fingerprint density at radius 3 is 2.38 bits per heavy atom. The summed E-state index contributed by atoms with van der Waals surface area (Å²) in [4.78, 5) is 23.8. The van der Waals surface area contributed by atoms with Gasteiger partial charge in [0.25, 0.3) is 5.91 Å². The number of anilines is 1. The summed E-state index contributed by atoms with van der Waals surface area (Å²) in [5.74, 6) is -0.791. The van der Waals surface area contributed by atoms with Crippen molar-refractivity contribution in [3.63, 3.8) is 0 Å². The summed E-state index contributed by atoms with van der Waals surface area (Å²) in [5.41, 5.74) is 1.22. The minimum Gasteiger partial charge on any atom is -0.494 e. The molecule has 0 saturated heterocycles. The van der Waals surface area contributed by atoms with Crippen molar-refractivity contribution in [2.24, 2.45) is 0 Å². The average Bonchev–Trinajstić information content (AvgIpc) is 2.63. The molecule has 1 N–H and O–H groups in total. The van der Waals surface area contributed by atoms with E-state index in [1.807, 2.05) is 6.92 Å². The fourth-order valence-corrected chi connectivity index (χ4v) is 2.05. The number of rotatable bonds is 7. The molecule has 0 saturated carbocycles. The maximum atomic E-state index is 12.8. The third kappa shape index (κ3) is 6.05. The molecule has 5 nitrogen and oxygen atoms in total. The first-order valence-electron chi connectivity index (χ1n) is 8.16. The molecule has 2 rings (SSSR count). The fraction of sp³-hybridized carbons (Fsp3) is 0.200. The van der Waals surface area contributed by atoms with Gasteiger partial charge in [-0.15, -0.1) is 0 Å². The highest BCUT2D eigenvalue weighted by Crippen LogP contribution is 2.13. The second-order valence-corrected chi connectivity index (χ2v) is 5.41. The molecular weight excluding hydrogens is 337 g/mol. The lowest BCUT2D eigenvalue weighted by atomic mass is 10.2. The van der Waals surface area contributed by atoms with Gasteiger partial charge < -0.3 is 14.8 Å². The van der Waals surface area contributed by atoms with Crippen LogP contribution in [-0.4, -0.2) is 24.6 Å². The summed E-state index contributed by atoms with van der Waals surface area (Å²) in [5, 5.41) is 2.55. The summed E-state index contributed by atoms with van der Waals surface area (Å²) >= 11 is 0. The highest BCUT2D eigenvalue weighted by molar-refractivity contribution is 5.96. The summed E-state index contributed by atoms with van der Waals surface area (Å²) in [6, 6.07) is 12.5. The van der Waals surface area contributed by atoms with E-state index in [1.165, 1.54) is 37.3 Å². The van der Waals surface area contributed by atoms with E-state index in [-0.39, 0.29) is 0 Å². The third-order valence-electron chi connectivity index (χ3n) is 3.38. The minimum atomic E-state index is -0.988. The normalized spacial score (nSPS) is 11.8. The van der Waals surface area contributed by atoms with E-state index in [2.05, 4.69) is 5.32 Å². The van der Waals surface area contributed by atoms with Crippen molar-refractivity contribution in [1.82, 2.24) is 0 Å². The van der Waals surface area contributed by atoms with E-state index in [0.717, 1.165) is 11.3 Å². The number of carbonyl (C=O) groups excluding carboxylic acids is 2. The molecule has 0 bridgehead atoms. The van der Waals surface area contributed by atoms with Gasteiger partial charge in [0.1, 0.15) is 11.6 Å². The highest BCUT2D eigenvalue weighted by atomic mass is 19.1. The number of hydrogen-bond donors (Lipinski definition) is 1. The second kappa shape index (κ2) is 9.36. The Morgan fingerprint density at radius 1 is 1.12 bits per heavy atom. The first-order chi connectivity index (χ1) is 12.5. The van der Waals surface area contributed by atoms with Crippen LogP contribution in [0.2, 0.25) is 0 Å². The number of amides is 1. The number of carbonyl (C=O) groups is 2. The molecule has 2 aromatic carbocycles. The van der Waals surface area contributed by atoms with Crippen molar-refractivity contribution in [2.45, 2.75) is 20.0 Å². The smallest absolute Gasteiger partial charge is 0.331 e. The molecule has 0 unspecified atom stereocenters. The van der Waals surface area contributed by atoms with Gasteiger partial charge >= 0.3 is 5.97 Å². The lowest BCUT2D eigenvalue weighted by Crippen LogP contribution is -2.29. The molecule has 0 heterocycles. The topological polar surface area (TPSA) is 64.6 Å². The molecule has 0 radical (unpaired) electrons. The SMILES string of the molecule is CCOc1ccc(/C=C/C(=O)O[C@H](C)C(=O)Nc2ccc(F)cc2)cc1. The maximum Gasteiger partial charge on any atom is 0.331 e. The van der Waals surface area contributed by atoms with E-state index in [1.54, 1.807) is 30.3 Å². The molecule has 1 amide bonds. The standard InChI is InChI=1S/C20H20FNO4/c1-3-25-18-11-4-15(5-12-18)6-13-19(23)26-14(2)20(24)22-17-9-7-16(21)8-10-17/h4-14H,3H2,1-2H3,(H,22,24)/b13-6+/t14-/m1/s1. The number of esters is 1. The van der Waals surface area contributed by atoms with Gasteiger partial charge in [-0.25, -0.2) is 9.18 Å². The average molecular weight is 357 g/mol. The van der Waals surface area contributed by atoms with Crippen molar-refractivity contribution in [2.75, 3.05) is 11.9 Å². The van der Waals surface area contributed by atoms with Crippen molar-refractivity contribution < 1.29 is 23.5 Å². The fourth-order valence-electron chi connectivity index (χ4n) is 2.05. The van der Waals surface area contributed by atoms with Gasteiger partial charge in [-0.3, -0.25) is 4.79 Å². The van der Waals surface area contributed by atoms with Crippen LogP contribution in [0.3, 0.4) is 0 Å². The number of halogens is 1. The largest absolute Gasteiger partial charge is 0.494 e. The Balaban J connectivity index is 1.85. The molecule has 2 aromatic rings. The van der Waals surface area contributed by atoms with Gasteiger partial charge in [-0.2, -0.15) is 0 Å². The van der Waals surface area contributed by atoms with Gasteiger partial charge in [0.05, 0.1) is 6.61 Å². The number of hydrogen-bond acceptors (Lipinski definition) is 4. The van der Waals surface area contributed by atoms with Crippen LogP contribution in [0.15, 0.2) is 54.6 Å². The molecule has 0 aromatic heterocycles. The van der Waals surface area contributed by atoms with Gasteiger partial charge in [0.15, 0.2) is 6.10 Å². The van der Waals surface area contributed by atoms with E-state index in [0.29, 0.717) is 12.3 Å². The van der Waals surface area contributed by atoms with Crippen molar-refractivity contribution in [1.29, 1.82) is 0 Å². The summed E-state index contributed by atoms with van der Waals surface area (Å²) in [6.45, 7) is 3.94. The number of ether oxygens (including phenoxy) is 2. The van der Waals surface area contributed by atoms with Gasteiger partial charge in [-0.05, 0) is 61.9 Å². The monoisotopic (exact) mass is 357 g/mol. The van der Waals surface area contributed by atoms with Gasteiger partial charge in [0, 0.05) is 11.8 Å². The van der Waals surface area contributed by atoms with Crippen LogP contribution in [0.5, 0.6) is 5.75 Å². The quantitative estimate of drug-likeness (QED) is 0.605. The lowest BCUT2D eigenvalue weighted by Gasteiger charge is -2.12. The van der Waals surface area contributed by atoms with Crippen LogP contribution < -0.4 is 10.1 Å². The van der Waals surface area contributed by atoms with E-state index in [4.69, 9.17) is 9.47 Å². The van der Waals surface area contributed by atoms with Gasteiger partial charge in [-0.1, -0.05) is 12.1 Å². The van der Waals surface area contributed by atoms with Crippen LogP contribution in [0.1, 0.15) is 19.4 Å². The van der Waals surface area contributed by atoms with Crippen LogP contribution in [0.25, 0.3) is 6.08 Å². The van der Waals surface area contributed by atoms with E-state index >= 15 is 0 Å². The first-order valence-corrected chi connectivity index (χ1v) is 8.16. The summed E-state index contributed by atoms with van der Waals surface area (Å²) in [7, 11) is 0. The Morgan fingerprint density at radius 2 is 1.77 bits per heavy atom. The Labute approximate surface area is 151 Å². The Kier molecular flexibility index (Phi) is 6.91. The van der Waals surface area contributed by atoms with Crippen molar-refractivity contribution in [3.05, 3.63) is 66.0 Å². The molecule has 6 heteroatoms. The minimum absolute atomic E-state index is 0.401. The second-order valence-electron chi connectivity index (χ2n) is 5.41. The molecule has 0 aliphatic carbocycles. The number of benzene rings is 2. The molecule has 0 fully saturated rings. The molecule has 0 aliphatic heterocycles. The molecule has 0 aliphatic rings. The maximum absolute atomic E-state index is 12.8. The Hall–Kier alpha value is -3.15. The van der Waals surface area contributed by atoms with Gasteiger partial charge in [0.2, 0.25) is 0 Å². The molecule has 26 heavy (non-hydrogen) atoms. The Bertz CT molecular complexity index is 769. The van der Waals surface area contributed by atoms with Crippen LogP contribution in [0.4, 0.5) is 10.1 Å². The van der Waals surface area contributed by atoms with Crippen LogP contribution in [-0.2, 0) is 14.3 Å². The van der Waals surface area contributed by atoms with Crippen molar-refractivity contribution >= 4 is 23.6 Å². The summed E-state index contributed by atoms with van der Waals surface area (Å²) in [6.07, 6.45) is 1.84. The summed E-state index contributed by atoms with van der Waals surface area (Å²) < 4.78 is 23.2. The van der Waals surface area contributed by atoms with Crippen molar-refractivity contribution in [3.8, 4) is 5.75 Å². The molecule has 1 atom stereocenters. The molecule has 0 spiro atoms. The van der Waals surface area contributed by atoms with Crippen LogP contribution >= 0.6 is 0 Å². The predicted molar refractivity (Wildman–Crippen MR) is 97.2 cm³/mol. The van der Waals surface area contributed by atoms with E-state index < -0.39 is 23.8 Å². The zero-order valence-electron chi connectivity index (χ0n) is 14.6. The van der Waals surface area contributed by atoms with E-state index in [9.17, 15) is 14.0 Å².